The molecule has 5 heteroatoms. The van der Waals surface area contributed by atoms with E-state index in [0.717, 1.165) is 13.0 Å². The van der Waals surface area contributed by atoms with E-state index in [4.69, 9.17) is 0 Å². The van der Waals surface area contributed by atoms with Gasteiger partial charge < -0.3 is 15.1 Å². The Bertz CT molecular complexity index is 510. The minimum Gasteiger partial charge on any atom is -0.492 e. The fourth-order valence-corrected chi connectivity index (χ4v) is 3.67. The van der Waals surface area contributed by atoms with Crippen molar-refractivity contribution in [3.05, 3.63) is 16.7 Å². The van der Waals surface area contributed by atoms with Gasteiger partial charge in [0, 0.05) is 13.6 Å². The summed E-state index contributed by atoms with van der Waals surface area (Å²) in [6, 6.07) is 0. The summed E-state index contributed by atoms with van der Waals surface area (Å²) in [4.78, 5) is 14.0. The lowest BCUT2D eigenvalue weighted by Gasteiger charge is -2.19. The van der Waals surface area contributed by atoms with Gasteiger partial charge in [0.2, 0.25) is 5.88 Å². The van der Waals surface area contributed by atoms with E-state index in [9.17, 15) is 9.90 Å². The SMILES string of the molecule is CCCCCCCCCCCCCCCCCCN(C)n1c(O)c[nH]c1=O. The maximum Gasteiger partial charge on any atom is 0.347 e. The first-order valence-electron chi connectivity index (χ1n) is 11.4. The van der Waals surface area contributed by atoms with E-state index in [2.05, 4.69) is 11.9 Å². The van der Waals surface area contributed by atoms with Gasteiger partial charge in [-0.05, 0) is 6.42 Å². The summed E-state index contributed by atoms with van der Waals surface area (Å²) >= 11 is 0. The molecule has 0 bridgehead atoms. The van der Waals surface area contributed by atoms with Crippen LogP contribution in [0.4, 0.5) is 0 Å². The summed E-state index contributed by atoms with van der Waals surface area (Å²) in [6.07, 6.45) is 23.0. The zero-order valence-electron chi connectivity index (χ0n) is 17.8. The highest BCUT2D eigenvalue weighted by atomic mass is 16.3. The van der Waals surface area contributed by atoms with E-state index < -0.39 is 0 Å². The number of nitrogens with zero attached hydrogens (tertiary/aromatic N) is 2. The van der Waals surface area contributed by atoms with E-state index in [1.165, 1.54) is 107 Å². The minimum atomic E-state index is -0.286. The second-order valence-corrected chi connectivity index (χ2v) is 7.95. The molecular formula is C22H43N3O2. The van der Waals surface area contributed by atoms with Crippen molar-refractivity contribution >= 4 is 0 Å². The lowest BCUT2D eigenvalue weighted by atomic mass is 10.0. The number of hydrogen-bond donors (Lipinski definition) is 2. The Kier molecular flexibility index (Phi) is 13.7. The van der Waals surface area contributed by atoms with Crippen LogP contribution in [-0.2, 0) is 0 Å². The second-order valence-electron chi connectivity index (χ2n) is 7.95. The molecule has 0 fully saturated rings. The molecule has 158 valence electrons. The molecule has 0 saturated heterocycles. The first-order valence-corrected chi connectivity index (χ1v) is 11.4. The van der Waals surface area contributed by atoms with Gasteiger partial charge in [-0.1, -0.05) is 103 Å². The third-order valence-corrected chi connectivity index (χ3v) is 5.41. The summed E-state index contributed by atoms with van der Waals surface area (Å²) in [5.74, 6) is -0.0287. The maximum absolute atomic E-state index is 11.6. The molecule has 0 aliphatic rings. The Hall–Kier alpha value is -1.39. The molecule has 0 unspecified atom stereocenters. The van der Waals surface area contributed by atoms with Crippen molar-refractivity contribution in [2.24, 2.45) is 0 Å². The lowest BCUT2D eigenvalue weighted by Crippen LogP contribution is -2.38. The standard InChI is InChI=1S/C22H43N3O2/c1-3-4-5-6-7-8-9-10-11-12-13-14-15-16-17-18-19-24(2)25-21(26)20-23-22(25)27/h20,26H,3-19H2,1-2H3,(H,23,27). The van der Waals surface area contributed by atoms with Gasteiger partial charge in [0.1, 0.15) is 0 Å². The largest absolute Gasteiger partial charge is 0.492 e. The number of hydrogen-bond acceptors (Lipinski definition) is 3. The molecule has 1 aromatic heterocycles. The van der Waals surface area contributed by atoms with Crippen LogP contribution in [0.15, 0.2) is 11.0 Å². The summed E-state index contributed by atoms with van der Waals surface area (Å²) in [7, 11) is 1.83. The summed E-state index contributed by atoms with van der Waals surface area (Å²) < 4.78 is 1.28. The van der Waals surface area contributed by atoms with Gasteiger partial charge in [-0.15, -0.1) is 0 Å². The van der Waals surface area contributed by atoms with E-state index in [-0.39, 0.29) is 11.6 Å². The molecule has 0 radical (unpaired) electrons. The molecule has 0 saturated carbocycles. The van der Waals surface area contributed by atoms with Crippen LogP contribution >= 0.6 is 0 Å². The van der Waals surface area contributed by atoms with Crippen LogP contribution in [0, 0.1) is 0 Å². The van der Waals surface area contributed by atoms with Gasteiger partial charge in [-0.25, -0.2) is 4.79 Å². The van der Waals surface area contributed by atoms with Gasteiger partial charge in [0.15, 0.2) is 0 Å². The fraction of sp³-hybridized carbons (Fsp3) is 0.864. The normalized spacial score (nSPS) is 11.2. The van der Waals surface area contributed by atoms with Crippen LogP contribution in [0.5, 0.6) is 5.88 Å². The number of nitrogens with one attached hydrogen (secondary N) is 1. The Morgan fingerprint density at radius 2 is 1.22 bits per heavy atom. The molecule has 0 aliphatic carbocycles. The van der Waals surface area contributed by atoms with Gasteiger partial charge in [-0.2, -0.15) is 4.68 Å². The number of H-pyrrole nitrogens is 1. The molecule has 1 rings (SSSR count). The molecule has 0 aromatic carbocycles. The highest BCUT2D eigenvalue weighted by Gasteiger charge is 2.08. The number of unbranched alkanes of at least 4 members (excludes halogenated alkanes) is 15. The van der Waals surface area contributed by atoms with Crippen LogP contribution in [0.2, 0.25) is 0 Å². The minimum absolute atomic E-state index is 0.0287. The molecule has 1 heterocycles. The summed E-state index contributed by atoms with van der Waals surface area (Å²) in [5, 5.41) is 11.4. The van der Waals surface area contributed by atoms with Crippen molar-refractivity contribution in [1.29, 1.82) is 0 Å². The number of aromatic amines is 1. The van der Waals surface area contributed by atoms with Crippen LogP contribution in [0.1, 0.15) is 110 Å². The van der Waals surface area contributed by atoms with Gasteiger partial charge in [0.25, 0.3) is 0 Å². The molecule has 1 aromatic rings. The Labute approximate surface area is 166 Å². The molecule has 0 amide bonds. The summed E-state index contributed by atoms with van der Waals surface area (Å²) in [6.45, 7) is 3.06. The second kappa shape index (κ2) is 15.6. The van der Waals surface area contributed by atoms with Crippen molar-refractivity contribution in [3.63, 3.8) is 0 Å². The van der Waals surface area contributed by atoms with Crippen molar-refractivity contribution in [3.8, 4) is 5.88 Å². The number of aromatic hydroxyl groups is 1. The third-order valence-electron chi connectivity index (χ3n) is 5.41. The van der Waals surface area contributed by atoms with Crippen LogP contribution in [0.25, 0.3) is 0 Å². The van der Waals surface area contributed by atoms with E-state index in [0.29, 0.717) is 0 Å². The highest BCUT2D eigenvalue weighted by Crippen LogP contribution is 2.13. The van der Waals surface area contributed by atoms with E-state index in [1.54, 1.807) is 5.01 Å². The zero-order chi connectivity index (χ0) is 19.7. The Morgan fingerprint density at radius 3 is 1.59 bits per heavy atom. The quantitative estimate of drug-likeness (QED) is 0.320. The predicted octanol–water partition coefficient (Wildman–Crippen LogP) is 5.71. The van der Waals surface area contributed by atoms with Crippen molar-refractivity contribution in [1.82, 2.24) is 9.66 Å². The number of aromatic nitrogens is 2. The number of imidazole rings is 1. The van der Waals surface area contributed by atoms with Crippen LogP contribution in [0.3, 0.4) is 0 Å². The Morgan fingerprint density at radius 1 is 0.815 bits per heavy atom. The van der Waals surface area contributed by atoms with Crippen LogP contribution < -0.4 is 10.7 Å². The lowest BCUT2D eigenvalue weighted by molar-refractivity contribution is 0.406. The molecule has 0 atom stereocenters. The smallest absolute Gasteiger partial charge is 0.347 e. The van der Waals surface area contributed by atoms with E-state index >= 15 is 0 Å². The van der Waals surface area contributed by atoms with E-state index in [1.807, 2.05) is 7.05 Å². The van der Waals surface area contributed by atoms with Gasteiger partial charge in [-0.3, -0.25) is 0 Å². The van der Waals surface area contributed by atoms with Gasteiger partial charge in [0.05, 0.1) is 6.20 Å². The fourth-order valence-electron chi connectivity index (χ4n) is 3.67. The molecule has 0 aliphatic heterocycles. The first kappa shape index (κ1) is 23.6. The third kappa shape index (κ3) is 11.1. The average molecular weight is 382 g/mol. The predicted molar refractivity (Wildman–Crippen MR) is 115 cm³/mol. The van der Waals surface area contributed by atoms with Gasteiger partial charge >= 0.3 is 5.69 Å². The molecular weight excluding hydrogens is 338 g/mol. The molecule has 2 N–H and O–H groups in total. The Balaban J connectivity index is 1.82. The molecule has 0 spiro atoms. The van der Waals surface area contributed by atoms with Crippen molar-refractivity contribution < 1.29 is 5.11 Å². The molecule has 5 nitrogen and oxygen atoms in total. The summed E-state index contributed by atoms with van der Waals surface area (Å²) in [5.41, 5.74) is -0.286. The maximum atomic E-state index is 11.6. The average Bonchev–Trinajstić information content (AvgIpc) is 2.99. The van der Waals surface area contributed by atoms with Crippen molar-refractivity contribution in [2.45, 2.75) is 110 Å². The first-order chi connectivity index (χ1) is 13.2. The van der Waals surface area contributed by atoms with Crippen molar-refractivity contribution in [2.75, 3.05) is 18.6 Å². The molecule has 27 heavy (non-hydrogen) atoms. The topological polar surface area (TPSA) is 61.3 Å². The zero-order valence-corrected chi connectivity index (χ0v) is 17.8. The monoisotopic (exact) mass is 381 g/mol. The number of rotatable bonds is 18. The van der Waals surface area contributed by atoms with Crippen LogP contribution in [-0.4, -0.2) is 28.4 Å². The highest BCUT2D eigenvalue weighted by molar-refractivity contribution is 5.06.